The van der Waals surface area contributed by atoms with Crippen LogP contribution in [0.1, 0.15) is 46.2 Å². The molecule has 7 nitrogen and oxygen atoms in total. The van der Waals surface area contributed by atoms with Crippen molar-refractivity contribution in [1.29, 1.82) is 0 Å². The van der Waals surface area contributed by atoms with Crippen molar-refractivity contribution in [3.8, 4) is 0 Å². The van der Waals surface area contributed by atoms with E-state index in [4.69, 9.17) is 19.4 Å². The minimum Gasteiger partial charge on any atom is -0.476 e. The highest BCUT2D eigenvalue weighted by Crippen LogP contribution is 2.38. The summed E-state index contributed by atoms with van der Waals surface area (Å²) in [6, 6.07) is 0. The van der Waals surface area contributed by atoms with E-state index in [1.807, 2.05) is 0 Å². The molecular formula is C11H13NO6. The van der Waals surface area contributed by atoms with E-state index < -0.39 is 29.0 Å². The minimum atomic E-state index is -1.44. The number of rotatable bonds is 5. The molecule has 0 aliphatic heterocycles. The molecule has 1 aliphatic carbocycles. The van der Waals surface area contributed by atoms with Gasteiger partial charge in [0, 0.05) is 7.11 Å². The number of carbonyl (C=O) groups is 2. The van der Waals surface area contributed by atoms with Crippen LogP contribution < -0.4 is 0 Å². The molecule has 0 spiro atoms. The molecule has 1 fully saturated rings. The Morgan fingerprint density at radius 2 is 2.06 bits per heavy atom. The number of ether oxygens (including phenoxy) is 1. The Kier molecular flexibility index (Phi) is 3.08. The van der Waals surface area contributed by atoms with Gasteiger partial charge in [0.05, 0.1) is 12.0 Å². The Hall–Kier alpha value is -1.89. The number of nitrogens with zero attached hydrogens (tertiary/aromatic N) is 1. The molecular weight excluding hydrogens is 242 g/mol. The van der Waals surface area contributed by atoms with Crippen molar-refractivity contribution < 1.29 is 29.0 Å². The summed E-state index contributed by atoms with van der Waals surface area (Å²) in [6.07, 6.45) is 2.97. The van der Waals surface area contributed by atoms with Crippen molar-refractivity contribution in [1.82, 2.24) is 4.98 Å². The molecule has 1 aromatic rings. The van der Waals surface area contributed by atoms with Gasteiger partial charge in [-0.25, -0.2) is 14.6 Å². The predicted octanol–water partition coefficient (Wildman–Crippen LogP) is 1.18. The van der Waals surface area contributed by atoms with Gasteiger partial charge in [-0.1, -0.05) is 0 Å². The van der Waals surface area contributed by atoms with Gasteiger partial charge in [-0.15, -0.1) is 0 Å². The van der Waals surface area contributed by atoms with Gasteiger partial charge >= 0.3 is 11.9 Å². The van der Waals surface area contributed by atoms with Crippen LogP contribution in [0.15, 0.2) is 4.42 Å². The first-order valence-corrected chi connectivity index (χ1v) is 5.49. The smallest absolute Gasteiger partial charge is 0.374 e. The number of carboxylic acids is 2. The molecule has 0 unspecified atom stereocenters. The van der Waals surface area contributed by atoms with Crippen molar-refractivity contribution in [2.24, 2.45) is 0 Å². The quantitative estimate of drug-likeness (QED) is 0.812. The van der Waals surface area contributed by atoms with Crippen LogP contribution >= 0.6 is 0 Å². The van der Waals surface area contributed by atoms with Crippen LogP contribution in [0.5, 0.6) is 0 Å². The lowest BCUT2D eigenvalue weighted by atomic mass is 9.77. The van der Waals surface area contributed by atoms with Crippen LogP contribution in [-0.4, -0.2) is 39.8 Å². The first-order chi connectivity index (χ1) is 8.47. The van der Waals surface area contributed by atoms with Crippen molar-refractivity contribution in [3.05, 3.63) is 17.3 Å². The highest BCUT2D eigenvalue weighted by Gasteiger charge is 2.39. The molecule has 0 saturated heterocycles. The Labute approximate surface area is 102 Å². The lowest BCUT2D eigenvalue weighted by Crippen LogP contribution is -2.41. The molecule has 0 bridgehead atoms. The molecule has 0 radical (unpaired) electrons. The number of aromatic nitrogens is 1. The van der Waals surface area contributed by atoms with E-state index in [0.29, 0.717) is 0 Å². The topological polar surface area (TPSA) is 110 Å². The molecule has 0 amide bonds. The summed E-state index contributed by atoms with van der Waals surface area (Å²) < 4.78 is 10.4. The Bertz CT molecular complexity index is 451. The normalized spacial score (nSPS) is 17.2. The average Bonchev–Trinajstić information content (AvgIpc) is 2.67. The van der Waals surface area contributed by atoms with E-state index in [-0.39, 0.29) is 12.3 Å². The number of hydrogen-bond acceptors (Lipinski definition) is 5. The maximum absolute atomic E-state index is 10.8. The van der Waals surface area contributed by atoms with Gasteiger partial charge in [-0.05, 0) is 19.3 Å². The number of hydrogen-bond donors (Lipinski definition) is 2. The summed E-state index contributed by atoms with van der Waals surface area (Å²) in [6.45, 7) is 0. The molecule has 1 heterocycles. The first kappa shape index (κ1) is 12.6. The molecule has 0 aromatic carbocycles. The third-order valence-electron chi connectivity index (χ3n) is 3.24. The molecule has 98 valence electrons. The Morgan fingerprint density at radius 1 is 1.39 bits per heavy atom. The first-order valence-electron chi connectivity index (χ1n) is 5.49. The third-order valence-corrected chi connectivity index (χ3v) is 3.24. The fraction of sp³-hybridized carbons (Fsp3) is 0.545. The zero-order valence-electron chi connectivity index (χ0n) is 9.80. The van der Waals surface area contributed by atoms with Gasteiger partial charge in [-0.2, -0.15) is 0 Å². The molecule has 7 heteroatoms. The van der Waals surface area contributed by atoms with E-state index >= 15 is 0 Å². The number of oxazole rings is 1. The molecule has 1 aliphatic rings. The minimum absolute atomic E-state index is 0.0892. The second-order valence-electron chi connectivity index (χ2n) is 4.31. The standard InChI is InChI=1S/C11H13NO6/c1-17-11(3-2-4-11)5-6-12-7(9(13)14)8(18-6)10(15)16/h2-5H2,1H3,(H,13,14)(H,15,16). The highest BCUT2D eigenvalue weighted by molar-refractivity contribution is 5.98. The Balaban J connectivity index is 2.27. The largest absolute Gasteiger partial charge is 0.476 e. The van der Waals surface area contributed by atoms with E-state index in [1.54, 1.807) is 7.11 Å². The molecule has 18 heavy (non-hydrogen) atoms. The zero-order chi connectivity index (χ0) is 13.3. The van der Waals surface area contributed by atoms with Gasteiger partial charge in [0.25, 0.3) is 0 Å². The number of carboxylic acid groups (broad SMARTS) is 2. The monoisotopic (exact) mass is 255 g/mol. The molecule has 2 rings (SSSR count). The van der Waals surface area contributed by atoms with E-state index in [2.05, 4.69) is 4.98 Å². The van der Waals surface area contributed by atoms with E-state index in [9.17, 15) is 9.59 Å². The molecule has 1 aromatic heterocycles. The second-order valence-corrected chi connectivity index (χ2v) is 4.31. The SMILES string of the molecule is COC1(Cc2nc(C(=O)O)c(C(=O)O)o2)CCC1. The van der Waals surface area contributed by atoms with Gasteiger partial charge in [0.1, 0.15) is 0 Å². The Morgan fingerprint density at radius 3 is 2.39 bits per heavy atom. The second kappa shape index (κ2) is 4.41. The zero-order valence-corrected chi connectivity index (χ0v) is 9.80. The maximum atomic E-state index is 10.8. The van der Waals surface area contributed by atoms with Gasteiger partial charge in [0.15, 0.2) is 5.89 Å². The lowest BCUT2D eigenvalue weighted by Gasteiger charge is -2.39. The van der Waals surface area contributed by atoms with Gasteiger partial charge in [-0.3, -0.25) is 0 Å². The number of aromatic carboxylic acids is 2. The van der Waals surface area contributed by atoms with Crippen LogP contribution in [0.4, 0.5) is 0 Å². The van der Waals surface area contributed by atoms with Crippen LogP contribution in [-0.2, 0) is 11.2 Å². The van der Waals surface area contributed by atoms with Crippen molar-refractivity contribution in [2.75, 3.05) is 7.11 Å². The molecule has 0 atom stereocenters. The maximum Gasteiger partial charge on any atom is 0.374 e. The summed E-state index contributed by atoms with van der Waals surface area (Å²) in [5.41, 5.74) is -0.959. The van der Waals surface area contributed by atoms with Crippen molar-refractivity contribution in [3.63, 3.8) is 0 Å². The summed E-state index contributed by atoms with van der Waals surface area (Å²) in [7, 11) is 1.57. The van der Waals surface area contributed by atoms with Gasteiger partial charge in [0.2, 0.25) is 11.5 Å². The summed E-state index contributed by atoms with van der Waals surface area (Å²) in [4.78, 5) is 25.4. The van der Waals surface area contributed by atoms with E-state index in [1.165, 1.54) is 0 Å². The third kappa shape index (κ3) is 2.08. The summed E-state index contributed by atoms with van der Waals surface area (Å²) >= 11 is 0. The van der Waals surface area contributed by atoms with Crippen LogP contribution in [0.2, 0.25) is 0 Å². The predicted molar refractivity (Wildman–Crippen MR) is 57.7 cm³/mol. The van der Waals surface area contributed by atoms with Crippen molar-refractivity contribution in [2.45, 2.75) is 31.3 Å². The highest BCUT2D eigenvalue weighted by atomic mass is 16.5. The number of methoxy groups -OCH3 is 1. The molecule has 2 N–H and O–H groups in total. The summed E-state index contributed by atoms with van der Waals surface area (Å²) in [5.74, 6) is -3.40. The van der Waals surface area contributed by atoms with Crippen LogP contribution in [0, 0.1) is 0 Å². The van der Waals surface area contributed by atoms with Crippen molar-refractivity contribution >= 4 is 11.9 Å². The fourth-order valence-corrected chi connectivity index (χ4v) is 2.03. The summed E-state index contributed by atoms with van der Waals surface area (Å²) in [5, 5.41) is 17.7. The lowest BCUT2D eigenvalue weighted by molar-refractivity contribution is -0.0746. The van der Waals surface area contributed by atoms with Crippen LogP contribution in [0.25, 0.3) is 0 Å². The molecule has 1 saturated carbocycles. The van der Waals surface area contributed by atoms with Gasteiger partial charge < -0.3 is 19.4 Å². The van der Waals surface area contributed by atoms with E-state index in [0.717, 1.165) is 19.3 Å². The fourth-order valence-electron chi connectivity index (χ4n) is 2.03. The van der Waals surface area contributed by atoms with Crippen LogP contribution in [0.3, 0.4) is 0 Å². The average molecular weight is 255 g/mol.